The van der Waals surface area contributed by atoms with E-state index in [0.29, 0.717) is 5.41 Å². The first-order valence-electron chi connectivity index (χ1n) is 6.10. The van der Waals surface area contributed by atoms with Crippen LogP contribution in [-0.2, 0) is 0 Å². The summed E-state index contributed by atoms with van der Waals surface area (Å²) in [5.41, 5.74) is 0.604. The van der Waals surface area contributed by atoms with Crippen LogP contribution in [0.4, 0.5) is 0 Å². The van der Waals surface area contributed by atoms with Crippen molar-refractivity contribution < 1.29 is 0 Å². The minimum absolute atomic E-state index is 0.604. The Bertz CT molecular complexity index is 179. The van der Waals surface area contributed by atoms with E-state index in [0.717, 1.165) is 6.04 Å². The number of likely N-dealkylation sites (tertiary alicyclic amines) is 1. The van der Waals surface area contributed by atoms with E-state index in [1.165, 1.54) is 51.7 Å². The Morgan fingerprint density at radius 2 is 1.86 bits per heavy atom. The Balaban J connectivity index is 1.68. The molecule has 2 rings (SSSR count). The van der Waals surface area contributed by atoms with Crippen molar-refractivity contribution >= 4 is 0 Å². The summed E-state index contributed by atoms with van der Waals surface area (Å²) in [6, 6.07) is 0.777. The van der Waals surface area contributed by atoms with Crippen LogP contribution >= 0.6 is 0 Å². The van der Waals surface area contributed by atoms with Crippen molar-refractivity contribution in [3.63, 3.8) is 0 Å². The molecule has 0 unspecified atom stereocenters. The molecule has 1 saturated heterocycles. The van der Waals surface area contributed by atoms with Crippen molar-refractivity contribution in [2.75, 3.05) is 26.7 Å². The second kappa shape index (κ2) is 4.19. The lowest BCUT2D eigenvalue weighted by Crippen LogP contribution is -2.57. The topological polar surface area (TPSA) is 15.3 Å². The molecule has 14 heavy (non-hydrogen) atoms. The maximum atomic E-state index is 3.72. The van der Waals surface area contributed by atoms with Crippen molar-refractivity contribution in [1.82, 2.24) is 10.2 Å². The molecule has 1 N–H and O–H groups in total. The fraction of sp³-hybridized carbons (Fsp3) is 1.00. The Hall–Kier alpha value is -0.0800. The lowest BCUT2D eigenvalue weighted by atomic mass is 9.75. The van der Waals surface area contributed by atoms with Gasteiger partial charge in [-0.25, -0.2) is 0 Å². The molecule has 1 saturated carbocycles. The summed E-state index contributed by atoms with van der Waals surface area (Å²) in [6.45, 7) is 6.19. The van der Waals surface area contributed by atoms with E-state index >= 15 is 0 Å². The standard InChI is InChI=1S/C12H24N2/c1-12(6-4-3-5-7-12)10-13-11-8-14(2)9-11/h11,13H,3-10H2,1-2H3. The second-order valence-electron chi connectivity index (χ2n) is 5.67. The predicted octanol–water partition coefficient (Wildman–Crippen LogP) is 1.86. The van der Waals surface area contributed by atoms with Crippen LogP contribution in [0.15, 0.2) is 0 Å². The Kier molecular flexibility index (Phi) is 3.13. The molecule has 2 aliphatic rings. The summed E-state index contributed by atoms with van der Waals surface area (Å²) in [5.74, 6) is 0. The van der Waals surface area contributed by atoms with Crippen molar-refractivity contribution in [2.24, 2.45) is 5.41 Å². The van der Waals surface area contributed by atoms with E-state index in [1.54, 1.807) is 0 Å². The van der Waals surface area contributed by atoms with Crippen LogP contribution in [0, 0.1) is 5.41 Å². The molecule has 82 valence electrons. The first kappa shape index (κ1) is 10.4. The summed E-state index contributed by atoms with van der Waals surface area (Å²) in [6.07, 6.45) is 7.22. The van der Waals surface area contributed by atoms with Gasteiger partial charge >= 0.3 is 0 Å². The number of likely N-dealkylation sites (N-methyl/N-ethyl adjacent to an activating group) is 1. The first-order chi connectivity index (χ1) is 6.68. The highest BCUT2D eigenvalue weighted by atomic mass is 15.2. The van der Waals surface area contributed by atoms with Crippen molar-refractivity contribution in [1.29, 1.82) is 0 Å². The third-order valence-corrected chi connectivity index (χ3v) is 3.94. The molecular formula is C12H24N2. The molecule has 0 aromatic rings. The molecular weight excluding hydrogens is 172 g/mol. The summed E-state index contributed by atoms with van der Waals surface area (Å²) in [4.78, 5) is 2.38. The van der Waals surface area contributed by atoms with Crippen LogP contribution in [0.1, 0.15) is 39.0 Å². The molecule has 1 aliphatic heterocycles. The highest BCUT2D eigenvalue weighted by molar-refractivity contribution is 4.87. The van der Waals surface area contributed by atoms with Gasteiger partial charge in [-0.3, -0.25) is 0 Å². The monoisotopic (exact) mass is 196 g/mol. The van der Waals surface area contributed by atoms with Crippen LogP contribution in [0.2, 0.25) is 0 Å². The molecule has 2 heteroatoms. The van der Waals surface area contributed by atoms with Crippen LogP contribution in [0.3, 0.4) is 0 Å². The summed E-state index contributed by atoms with van der Waals surface area (Å²) in [7, 11) is 2.19. The summed E-state index contributed by atoms with van der Waals surface area (Å²) < 4.78 is 0. The van der Waals surface area contributed by atoms with E-state index in [2.05, 4.69) is 24.2 Å². The maximum Gasteiger partial charge on any atom is 0.0322 e. The second-order valence-corrected chi connectivity index (χ2v) is 5.67. The highest BCUT2D eigenvalue weighted by Gasteiger charge is 2.29. The molecule has 0 aromatic carbocycles. The minimum atomic E-state index is 0.604. The van der Waals surface area contributed by atoms with Gasteiger partial charge in [0.25, 0.3) is 0 Å². The van der Waals surface area contributed by atoms with E-state index in [1.807, 2.05) is 0 Å². The molecule has 0 amide bonds. The van der Waals surface area contributed by atoms with Crippen LogP contribution in [0.25, 0.3) is 0 Å². The van der Waals surface area contributed by atoms with Gasteiger partial charge < -0.3 is 10.2 Å². The SMILES string of the molecule is CN1CC(NCC2(C)CCCCC2)C1. The number of nitrogens with one attached hydrogen (secondary N) is 1. The molecule has 1 heterocycles. The fourth-order valence-corrected chi connectivity index (χ4v) is 2.80. The predicted molar refractivity (Wildman–Crippen MR) is 60.5 cm³/mol. The smallest absolute Gasteiger partial charge is 0.0322 e. The van der Waals surface area contributed by atoms with Gasteiger partial charge in [0.2, 0.25) is 0 Å². The van der Waals surface area contributed by atoms with Gasteiger partial charge in [-0.05, 0) is 25.3 Å². The zero-order valence-electron chi connectivity index (χ0n) is 9.68. The number of nitrogens with zero attached hydrogens (tertiary/aromatic N) is 1. The Labute approximate surface area is 88.1 Å². The average Bonchev–Trinajstić information content (AvgIpc) is 2.12. The average molecular weight is 196 g/mol. The molecule has 0 atom stereocenters. The molecule has 0 radical (unpaired) electrons. The van der Waals surface area contributed by atoms with Crippen molar-refractivity contribution in [3.05, 3.63) is 0 Å². The zero-order valence-corrected chi connectivity index (χ0v) is 9.68. The lowest BCUT2D eigenvalue weighted by molar-refractivity contribution is 0.131. The maximum absolute atomic E-state index is 3.72. The lowest BCUT2D eigenvalue weighted by Gasteiger charge is -2.41. The van der Waals surface area contributed by atoms with Crippen molar-refractivity contribution in [2.45, 2.75) is 45.1 Å². The van der Waals surface area contributed by atoms with Gasteiger partial charge in [0.1, 0.15) is 0 Å². The number of hydrogen-bond acceptors (Lipinski definition) is 2. The number of hydrogen-bond donors (Lipinski definition) is 1. The van der Waals surface area contributed by atoms with E-state index < -0.39 is 0 Å². The van der Waals surface area contributed by atoms with Crippen LogP contribution in [-0.4, -0.2) is 37.6 Å². The highest BCUT2D eigenvalue weighted by Crippen LogP contribution is 2.35. The molecule has 0 aromatic heterocycles. The van der Waals surface area contributed by atoms with Gasteiger partial charge in [0, 0.05) is 25.7 Å². The van der Waals surface area contributed by atoms with E-state index in [-0.39, 0.29) is 0 Å². The molecule has 2 fully saturated rings. The zero-order chi connectivity index (χ0) is 10.0. The summed E-state index contributed by atoms with van der Waals surface area (Å²) in [5, 5.41) is 3.72. The van der Waals surface area contributed by atoms with E-state index in [9.17, 15) is 0 Å². The molecule has 2 nitrogen and oxygen atoms in total. The van der Waals surface area contributed by atoms with Crippen LogP contribution < -0.4 is 5.32 Å². The van der Waals surface area contributed by atoms with E-state index in [4.69, 9.17) is 0 Å². The fourth-order valence-electron chi connectivity index (χ4n) is 2.80. The van der Waals surface area contributed by atoms with Crippen molar-refractivity contribution in [3.8, 4) is 0 Å². The molecule has 0 spiro atoms. The van der Waals surface area contributed by atoms with Gasteiger partial charge in [0.05, 0.1) is 0 Å². The minimum Gasteiger partial charge on any atom is -0.311 e. The van der Waals surface area contributed by atoms with Gasteiger partial charge in [-0.2, -0.15) is 0 Å². The third kappa shape index (κ3) is 2.48. The number of rotatable bonds is 3. The molecule has 1 aliphatic carbocycles. The van der Waals surface area contributed by atoms with Crippen LogP contribution in [0.5, 0.6) is 0 Å². The summed E-state index contributed by atoms with van der Waals surface area (Å²) >= 11 is 0. The Morgan fingerprint density at radius 3 is 2.43 bits per heavy atom. The quantitative estimate of drug-likeness (QED) is 0.741. The van der Waals surface area contributed by atoms with Gasteiger partial charge in [-0.1, -0.05) is 26.2 Å². The Morgan fingerprint density at radius 1 is 1.21 bits per heavy atom. The first-order valence-corrected chi connectivity index (χ1v) is 6.10. The largest absolute Gasteiger partial charge is 0.311 e. The molecule has 0 bridgehead atoms. The van der Waals surface area contributed by atoms with Gasteiger partial charge in [0.15, 0.2) is 0 Å². The third-order valence-electron chi connectivity index (χ3n) is 3.94. The van der Waals surface area contributed by atoms with Gasteiger partial charge in [-0.15, -0.1) is 0 Å². The normalized spacial score (nSPS) is 28.7.